The molecule has 0 aliphatic rings. The van der Waals surface area contributed by atoms with Gasteiger partial charge in [-0.15, -0.1) is 0 Å². The molecule has 2 N–H and O–H groups in total. The first-order valence-electron chi connectivity index (χ1n) is 12.2. The van der Waals surface area contributed by atoms with Gasteiger partial charge in [0.15, 0.2) is 0 Å². The van der Waals surface area contributed by atoms with Crippen molar-refractivity contribution in [3.05, 3.63) is 89.0 Å². The molecule has 3 aromatic rings. The summed E-state index contributed by atoms with van der Waals surface area (Å²) in [7, 11) is 0. The molecule has 4 nitrogen and oxygen atoms in total. The summed E-state index contributed by atoms with van der Waals surface area (Å²) in [5.74, 6) is -1.95. The number of rotatable bonds is 9. The molecule has 3 rings (SSSR count). The average Bonchev–Trinajstić information content (AvgIpc) is 2.81. The Morgan fingerprint density at radius 1 is 0.919 bits per heavy atom. The lowest BCUT2D eigenvalue weighted by Gasteiger charge is -2.20. The Morgan fingerprint density at radius 2 is 1.54 bits per heavy atom. The summed E-state index contributed by atoms with van der Waals surface area (Å²) in [6.45, 7) is 6.36. The van der Waals surface area contributed by atoms with Gasteiger partial charge < -0.3 is 10.4 Å². The normalized spacial score (nSPS) is 13.1. The quantitative estimate of drug-likeness (QED) is 0.311. The van der Waals surface area contributed by atoms with Gasteiger partial charge in [0.05, 0.1) is 6.42 Å². The van der Waals surface area contributed by atoms with Gasteiger partial charge in [-0.1, -0.05) is 75.4 Å². The number of hydrogen-bond donors (Lipinski definition) is 2. The van der Waals surface area contributed by atoms with Crippen LogP contribution in [0.15, 0.2) is 66.7 Å². The molecule has 1 unspecified atom stereocenters. The number of amides is 1. The van der Waals surface area contributed by atoms with Gasteiger partial charge in [0, 0.05) is 24.4 Å². The minimum absolute atomic E-state index is 0.00503. The van der Waals surface area contributed by atoms with Crippen LogP contribution in [0.4, 0.5) is 13.2 Å². The summed E-state index contributed by atoms with van der Waals surface area (Å²) in [6, 6.07) is 18.2. The van der Waals surface area contributed by atoms with Crippen LogP contribution in [-0.2, 0) is 4.79 Å². The zero-order valence-electron chi connectivity index (χ0n) is 21.2. The second-order valence-electron chi connectivity index (χ2n) is 10.3. The van der Waals surface area contributed by atoms with Gasteiger partial charge in [-0.2, -0.15) is 13.2 Å². The smallest absolute Gasteiger partial charge is 0.389 e. The van der Waals surface area contributed by atoms with E-state index in [0.717, 1.165) is 21.9 Å². The number of carbonyl (C=O) groups is 2. The Hall–Kier alpha value is -3.61. The first kappa shape index (κ1) is 28.0. The van der Waals surface area contributed by atoms with Crippen molar-refractivity contribution in [2.24, 2.45) is 5.41 Å². The van der Waals surface area contributed by atoms with Gasteiger partial charge in [-0.05, 0) is 57.5 Å². The van der Waals surface area contributed by atoms with E-state index in [9.17, 15) is 22.8 Å². The highest BCUT2D eigenvalue weighted by Crippen LogP contribution is 2.35. The van der Waals surface area contributed by atoms with E-state index < -0.39 is 30.4 Å². The van der Waals surface area contributed by atoms with Crippen LogP contribution in [-0.4, -0.2) is 29.7 Å². The highest BCUT2D eigenvalue weighted by molar-refractivity contribution is 5.94. The van der Waals surface area contributed by atoms with Crippen LogP contribution in [0.3, 0.4) is 0 Å². The molecule has 7 heteroatoms. The van der Waals surface area contributed by atoms with E-state index in [4.69, 9.17) is 5.11 Å². The molecule has 0 saturated heterocycles. The van der Waals surface area contributed by atoms with Crippen molar-refractivity contribution < 1.29 is 27.9 Å². The lowest BCUT2D eigenvalue weighted by atomic mass is 9.85. The summed E-state index contributed by atoms with van der Waals surface area (Å²) in [5.41, 5.74) is 2.88. The zero-order valence-corrected chi connectivity index (χ0v) is 21.2. The van der Waals surface area contributed by atoms with Gasteiger partial charge in [-0.3, -0.25) is 9.59 Å². The molecule has 0 fully saturated rings. The predicted octanol–water partition coefficient (Wildman–Crippen LogP) is 7.58. The Balaban J connectivity index is 1.87. The number of benzene rings is 3. The number of allylic oxidation sites excluding steroid dienone is 1. The van der Waals surface area contributed by atoms with Gasteiger partial charge >= 0.3 is 12.1 Å². The molecule has 196 valence electrons. The number of carboxylic acid groups (broad SMARTS) is 1. The number of nitrogens with one attached hydrogen (secondary N) is 1. The number of halogens is 3. The van der Waals surface area contributed by atoms with Gasteiger partial charge in [0.1, 0.15) is 0 Å². The van der Waals surface area contributed by atoms with Crippen LogP contribution < -0.4 is 5.32 Å². The fraction of sp³-hybridized carbons (Fsp3) is 0.333. The van der Waals surface area contributed by atoms with E-state index in [2.05, 4.69) is 44.3 Å². The van der Waals surface area contributed by atoms with Crippen molar-refractivity contribution in [3.8, 4) is 0 Å². The maximum atomic E-state index is 13.1. The molecular formula is C30H32F3NO3. The SMILES string of the molecule is CC(C)(C)/C=C/c1ccc2cc(C(CCC(F)(F)F)c3ccc(C(=O)NCCC(=O)O)cc3)ccc2c1. The molecule has 0 aliphatic carbocycles. The predicted molar refractivity (Wildman–Crippen MR) is 141 cm³/mol. The highest BCUT2D eigenvalue weighted by Gasteiger charge is 2.29. The number of hydrogen-bond acceptors (Lipinski definition) is 2. The minimum Gasteiger partial charge on any atom is -0.481 e. The van der Waals surface area contributed by atoms with E-state index in [-0.39, 0.29) is 24.8 Å². The zero-order chi connectivity index (χ0) is 27.2. The Kier molecular flexibility index (Phi) is 8.79. The minimum atomic E-state index is -4.28. The molecule has 0 radical (unpaired) electrons. The second kappa shape index (κ2) is 11.6. The molecule has 1 atom stereocenters. The van der Waals surface area contributed by atoms with E-state index >= 15 is 0 Å². The van der Waals surface area contributed by atoms with Gasteiger partial charge in [-0.25, -0.2) is 0 Å². The molecule has 3 aromatic carbocycles. The van der Waals surface area contributed by atoms with Crippen LogP contribution in [0, 0.1) is 5.41 Å². The Bertz CT molecular complexity index is 1270. The van der Waals surface area contributed by atoms with Crippen LogP contribution in [0.25, 0.3) is 16.8 Å². The van der Waals surface area contributed by atoms with Crippen molar-refractivity contribution >= 4 is 28.7 Å². The molecule has 0 bridgehead atoms. The van der Waals surface area contributed by atoms with Gasteiger partial charge in [0.2, 0.25) is 0 Å². The van der Waals surface area contributed by atoms with Crippen molar-refractivity contribution in [2.45, 2.75) is 52.1 Å². The third-order valence-electron chi connectivity index (χ3n) is 5.98. The number of carbonyl (C=O) groups excluding carboxylic acids is 1. The summed E-state index contributed by atoms with van der Waals surface area (Å²) in [4.78, 5) is 22.9. The molecule has 0 aromatic heterocycles. The third kappa shape index (κ3) is 8.77. The molecular weight excluding hydrogens is 479 g/mol. The van der Waals surface area contributed by atoms with E-state index in [1.54, 1.807) is 24.3 Å². The largest absolute Gasteiger partial charge is 0.481 e. The standard InChI is InChI=1S/C30H32F3NO3/c1-29(2,3)15-12-20-4-5-24-19-25(11-10-23(24)18-20)26(13-16-30(31,32)33)21-6-8-22(9-7-21)28(37)34-17-14-27(35)36/h4-12,15,18-19,26H,13-14,16-17H2,1-3H3,(H,34,37)(H,35,36)/b15-12+. The average molecular weight is 512 g/mol. The number of fused-ring (bicyclic) bond motifs is 1. The topological polar surface area (TPSA) is 66.4 Å². The van der Waals surface area contributed by atoms with Gasteiger partial charge in [0.25, 0.3) is 5.91 Å². The molecule has 37 heavy (non-hydrogen) atoms. The number of carboxylic acids is 1. The summed E-state index contributed by atoms with van der Waals surface area (Å²) in [6.07, 6.45) is -1.33. The second-order valence-corrected chi connectivity index (χ2v) is 10.3. The van der Waals surface area contributed by atoms with Crippen molar-refractivity contribution in [1.82, 2.24) is 5.32 Å². The van der Waals surface area contributed by atoms with Crippen LogP contribution in [0.1, 0.15) is 73.0 Å². The van der Waals surface area contributed by atoms with E-state index in [1.807, 2.05) is 30.3 Å². The monoisotopic (exact) mass is 511 g/mol. The lowest BCUT2D eigenvalue weighted by molar-refractivity contribution is -0.137. The number of alkyl halides is 3. The molecule has 0 spiro atoms. The Morgan fingerprint density at radius 3 is 2.16 bits per heavy atom. The first-order valence-corrected chi connectivity index (χ1v) is 12.2. The lowest BCUT2D eigenvalue weighted by Crippen LogP contribution is -2.25. The molecule has 0 heterocycles. The van der Waals surface area contributed by atoms with Crippen LogP contribution in [0.5, 0.6) is 0 Å². The van der Waals surface area contributed by atoms with Crippen molar-refractivity contribution in [3.63, 3.8) is 0 Å². The molecule has 1 amide bonds. The summed E-state index contributed by atoms with van der Waals surface area (Å²) < 4.78 is 39.4. The molecule has 0 aliphatic heterocycles. The molecule has 0 saturated carbocycles. The maximum absolute atomic E-state index is 13.1. The van der Waals surface area contributed by atoms with Crippen LogP contribution in [0.2, 0.25) is 0 Å². The third-order valence-corrected chi connectivity index (χ3v) is 5.98. The maximum Gasteiger partial charge on any atom is 0.389 e. The first-order chi connectivity index (χ1) is 17.3. The fourth-order valence-electron chi connectivity index (χ4n) is 4.03. The highest BCUT2D eigenvalue weighted by atomic mass is 19.4. The summed E-state index contributed by atoms with van der Waals surface area (Å²) in [5, 5.41) is 13.2. The number of aliphatic carboxylic acids is 1. The van der Waals surface area contributed by atoms with Crippen molar-refractivity contribution in [1.29, 1.82) is 0 Å². The van der Waals surface area contributed by atoms with Crippen molar-refractivity contribution in [2.75, 3.05) is 6.54 Å². The van der Waals surface area contributed by atoms with E-state index in [1.165, 1.54) is 0 Å². The fourth-order valence-corrected chi connectivity index (χ4v) is 4.03. The Labute approximate surface area is 215 Å². The summed E-state index contributed by atoms with van der Waals surface area (Å²) >= 11 is 0. The van der Waals surface area contributed by atoms with Crippen LogP contribution >= 0.6 is 0 Å². The van der Waals surface area contributed by atoms with E-state index in [0.29, 0.717) is 11.1 Å².